The van der Waals surface area contributed by atoms with E-state index in [-0.39, 0.29) is 60.3 Å². The van der Waals surface area contributed by atoms with E-state index >= 15 is 0 Å². The molecule has 1 aliphatic rings. The summed E-state index contributed by atoms with van der Waals surface area (Å²) in [6.45, 7) is 12.3. The molecule has 1 amide bonds. The van der Waals surface area contributed by atoms with Crippen molar-refractivity contribution >= 4 is 46.1 Å². The molecule has 0 saturated carbocycles. The summed E-state index contributed by atoms with van der Waals surface area (Å²) in [4.78, 5) is 67.0. The van der Waals surface area contributed by atoms with Crippen LogP contribution in [0.3, 0.4) is 0 Å². The third-order valence-corrected chi connectivity index (χ3v) is 12.8. The summed E-state index contributed by atoms with van der Waals surface area (Å²) in [6.07, 6.45) is 3.42. The minimum absolute atomic E-state index is 0.00125. The molecule has 1 aliphatic heterocycles. The number of amides is 1. The first-order valence-electron chi connectivity index (χ1n) is 18.4. The SMILES string of the molecule is CC[C@H](C)[C@H](CC(=O)[C@@]1(C)CCCN1C)C(=O)N(C)[C@H](C[C@@H](OC(C)=O)c1nc(C(=O)C[C@@H](Cc2ccccc2)C(O)c2nccs2)cs1)C(C)C. The Balaban J connectivity index is 1.54. The molecular formula is C40H56N4O6S2. The lowest BCUT2D eigenvalue weighted by molar-refractivity contribution is -0.149. The molecule has 52 heavy (non-hydrogen) atoms. The Bertz CT molecular complexity index is 1630. The van der Waals surface area contributed by atoms with E-state index in [1.54, 1.807) is 28.9 Å². The number of thiazole rings is 2. The number of ether oxygens (including phenoxy) is 1. The van der Waals surface area contributed by atoms with Gasteiger partial charge in [0.15, 0.2) is 17.7 Å². The van der Waals surface area contributed by atoms with Gasteiger partial charge in [0.05, 0.1) is 5.54 Å². The number of rotatable bonds is 19. The molecule has 284 valence electrons. The number of likely N-dealkylation sites (N-methyl/N-ethyl adjacent to an activating group) is 1. The maximum Gasteiger partial charge on any atom is 0.303 e. The van der Waals surface area contributed by atoms with Crippen LogP contribution in [0.1, 0.15) is 118 Å². The maximum absolute atomic E-state index is 14.3. The number of likely N-dealkylation sites (tertiary alicyclic amines) is 1. The van der Waals surface area contributed by atoms with Gasteiger partial charge in [-0.3, -0.25) is 24.1 Å². The monoisotopic (exact) mass is 752 g/mol. The van der Waals surface area contributed by atoms with Crippen molar-refractivity contribution in [3.63, 3.8) is 0 Å². The number of aromatic nitrogens is 2. The van der Waals surface area contributed by atoms with Crippen LogP contribution in [-0.4, -0.2) is 80.5 Å². The number of nitrogens with zero attached hydrogens (tertiary/aromatic N) is 4. The van der Waals surface area contributed by atoms with Gasteiger partial charge < -0.3 is 14.7 Å². The zero-order valence-electron chi connectivity index (χ0n) is 31.9. The summed E-state index contributed by atoms with van der Waals surface area (Å²) >= 11 is 2.59. The molecule has 12 heteroatoms. The van der Waals surface area contributed by atoms with Crippen molar-refractivity contribution in [1.29, 1.82) is 0 Å². The second kappa shape index (κ2) is 18.6. The molecule has 0 spiro atoms. The van der Waals surface area contributed by atoms with Gasteiger partial charge in [-0.05, 0) is 57.2 Å². The highest BCUT2D eigenvalue weighted by Crippen LogP contribution is 2.36. The first kappa shape index (κ1) is 41.4. The fraction of sp³-hybridized carbons (Fsp3) is 0.600. The summed E-state index contributed by atoms with van der Waals surface area (Å²) in [6, 6.07) is 9.40. The highest BCUT2D eigenvalue weighted by Gasteiger charge is 2.44. The standard InChI is InChI=1S/C40H56N4O6S2/c1-9-26(4)30(22-35(47)40(6)16-13-18-43(40)7)39(49)44(8)32(25(2)3)23-34(50-27(5)45)37-42-31(24-52-37)33(46)21-29(20-28-14-11-10-12-15-28)36(48)38-41-17-19-51-38/h10-12,14-15,17,19,24-26,29-30,32,34,36,48H,9,13,16,18,20-23H2,1-8H3/t26-,29+,30-,32+,34+,36?,40+/m0/s1. The lowest BCUT2D eigenvalue weighted by Gasteiger charge is -2.38. The average molecular weight is 753 g/mol. The highest BCUT2D eigenvalue weighted by atomic mass is 32.1. The number of esters is 1. The minimum atomic E-state index is -0.924. The Morgan fingerprint density at radius 2 is 1.79 bits per heavy atom. The normalized spacial score (nSPS) is 19.8. The fourth-order valence-corrected chi connectivity index (χ4v) is 8.89. The van der Waals surface area contributed by atoms with Crippen LogP contribution >= 0.6 is 22.7 Å². The smallest absolute Gasteiger partial charge is 0.303 e. The summed E-state index contributed by atoms with van der Waals surface area (Å²) in [5.74, 6) is -1.62. The van der Waals surface area contributed by atoms with Crippen molar-refractivity contribution in [2.24, 2.45) is 23.7 Å². The predicted molar refractivity (Wildman–Crippen MR) is 205 cm³/mol. The molecule has 2 aromatic heterocycles. The largest absolute Gasteiger partial charge is 0.455 e. The van der Waals surface area contributed by atoms with E-state index < -0.39 is 35.6 Å². The number of Topliss-reactive ketones (excluding diaryl/α,β-unsaturated/α-hetero) is 2. The number of aliphatic hydroxyl groups is 1. The van der Waals surface area contributed by atoms with Gasteiger partial charge in [-0.2, -0.15) is 0 Å². The van der Waals surface area contributed by atoms with Crippen LogP contribution in [0.15, 0.2) is 47.3 Å². The molecule has 1 fully saturated rings. The van der Waals surface area contributed by atoms with Gasteiger partial charge in [0.25, 0.3) is 0 Å². The van der Waals surface area contributed by atoms with Crippen LogP contribution in [0, 0.1) is 23.7 Å². The molecule has 0 radical (unpaired) electrons. The Morgan fingerprint density at radius 1 is 1.08 bits per heavy atom. The van der Waals surface area contributed by atoms with E-state index in [0.717, 1.165) is 31.4 Å². The highest BCUT2D eigenvalue weighted by molar-refractivity contribution is 7.10. The number of carbonyl (C=O) groups excluding carboxylic acids is 4. The first-order valence-corrected chi connectivity index (χ1v) is 20.2. The fourth-order valence-electron chi connectivity index (χ4n) is 7.31. The molecule has 0 bridgehead atoms. The van der Waals surface area contributed by atoms with E-state index in [1.165, 1.54) is 29.6 Å². The quantitative estimate of drug-likeness (QED) is 0.0987. The number of carbonyl (C=O) groups is 4. The topological polar surface area (TPSA) is 130 Å². The zero-order chi connectivity index (χ0) is 38.2. The van der Waals surface area contributed by atoms with E-state index in [1.807, 2.05) is 72.0 Å². The summed E-state index contributed by atoms with van der Waals surface area (Å²) < 4.78 is 5.83. The summed E-state index contributed by atoms with van der Waals surface area (Å²) in [7, 11) is 3.76. The third-order valence-electron chi connectivity index (χ3n) is 11.1. The molecule has 4 rings (SSSR count). The molecule has 3 aromatic rings. The molecule has 1 N–H and O–H groups in total. The Morgan fingerprint density at radius 3 is 2.37 bits per heavy atom. The predicted octanol–water partition coefficient (Wildman–Crippen LogP) is 7.35. The zero-order valence-corrected chi connectivity index (χ0v) is 33.5. The van der Waals surface area contributed by atoms with Crippen molar-refractivity contribution in [3.05, 3.63) is 68.6 Å². The minimum Gasteiger partial charge on any atom is -0.455 e. The van der Waals surface area contributed by atoms with E-state index in [4.69, 9.17) is 4.74 Å². The first-order chi connectivity index (χ1) is 24.7. The van der Waals surface area contributed by atoms with Gasteiger partial charge in [0.1, 0.15) is 21.8 Å². The Kier molecular flexibility index (Phi) is 14.8. The van der Waals surface area contributed by atoms with Crippen LogP contribution in [0.4, 0.5) is 0 Å². The molecule has 1 saturated heterocycles. The Hall–Kier alpha value is -3.32. The lowest BCUT2D eigenvalue weighted by Crippen LogP contribution is -2.50. The van der Waals surface area contributed by atoms with Crippen molar-refractivity contribution in [1.82, 2.24) is 19.8 Å². The number of hydrogen-bond acceptors (Lipinski definition) is 11. The molecule has 1 unspecified atom stereocenters. The van der Waals surface area contributed by atoms with E-state index in [9.17, 15) is 24.3 Å². The van der Waals surface area contributed by atoms with Crippen LogP contribution in [-0.2, 0) is 25.5 Å². The van der Waals surface area contributed by atoms with Gasteiger partial charge in [-0.1, -0.05) is 64.4 Å². The van der Waals surface area contributed by atoms with Crippen LogP contribution < -0.4 is 0 Å². The molecule has 10 nitrogen and oxygen atoms in total. The molecule has 0 aliphatic carbocycles. The van der Waals surface area contributed by atoms with Gasteiger partial charge >= 0.3 is 5.97 Å². The van der Waals surface area contributed by atoms with E-state index in [0.29, 0.717) is 16.4 Å². The molecular weight excluding hydrogens is 697 g/mol. The summed E-state index contributed by atoms with van der Waals surface area (Å²) in [5.41, 5.74) is 0.680. The van der Waals surface area contributed by atoms with Crippen LogP contribution in [0.25, 0.3) is 0 Å². The van der Waals surface area contributed by atoms with Crippen molar-refractivity contribution < 1.29 is 29.0 Å². The number of aliphatic hydroxyl groups excluding tert-OH is 1. The van der Waals surface area contributed by atoms with Crippen LogP contribution in [0.2, 0.25) is 0 Å². The number of benzene rings is 1. The molecule has 7 atom stereocenters. The molecule has 3 heterocycles. The number of ketones is 2. The van der Waals surface area contributed by atoms with Gasteiger partial charge in [-0.25, -0.2) is 9.97 Å². The van der Waals surface area contributed by atoms with Crippen molar-refractivity contribution in [2.75, 3.05) is 20.6 Å². The van der Waals surface area contributed by atoms with Crippen molar-refractivity contribution in [2.45, 2.75) is 110 Å². The second-order valence-corrected chi connectivity index (χ2v) is 16.8. The summed E-state index contributed by atoms with van der Waals surface area (Å²) in [5, 5.41) is 15.8. The third kappa shape index (κ3) is 10.2. The van der Waals surface area contributed by atoms with E-state index in [2.05, 4.69) is 14.9 Å². The second-order valence-electron chi connectivity index (χ2n) is 15.0. The van der Waals surface area contributed by atoms with Crippen LogP contribution in [0.5, 0.6) is 0 Å². The average Bonchev–Trinajstić information content (AvgIpc) is 3.90. The number of hydrogen-bond donors (Lipinski definition) is 1. The van der Waals surface area contributed by atoms with Gasteiger partial charge in [0, 0.05) is 68.1 Å². The lowest BCUT2D eigenvalue weighted by atomic mass is 9.80. The van der Waals surface area contributed by atoms with Gasteiger partial charge in [0.2, 0.25) is 5.91 Å². The maximum atomic E-state index is 14.3. The molecule has 1 aromatic carbocycles. The van der Waals surface area contributed by atoms with Gasteiger partial charge in [-0.15, -0.1) is 22.7 Å². The Labute approximate surface area is 317 Å². The van der Waals surface area contributed by atoms with Crippen molar-refractivity contribution in [3.8, 4) is 0 Å².